The van der Waals surface area contributed by atoms with Gasteiger partial charge in [-0.15, -0.1) is 0 Å². The minimum Gasteiger partial charge on any atom is -0.489 e. The lowest BCUT2D eigenvalue weighted by Crippen LogP contribution is -2.50. The highest BCUT2D eigenvalue weighted by atomic mass is 16.6. The fourth-order valence-electron chi connectivity index (χ4n) is 7.13. The van der Waals surface area contributed by atoms with Gasteiger partial charge in [0.1, 0.15) is 23.5 Å². The minimum absolute atomic E-state index is 0.0699. The van der Waals surface area contributed by atoms with Crippen molar-refractivity contribution >= 4 is 17.0 Å². The molecule has 2 aromatic carbocycles. The molecule has 6 nitrogen and oxygen atoms in total. The second kappa shape index (κ2) is 12.7. The van der Waals surface area contributed by atoms with Crippen molar-refractivity contribution in [3.05, 3.63) is 71.0 Å². The summed E-state index contributed by atoms with van der Waals surface area (Å²) in [4.78, 5) is 0. The summed E-state index contributed by atoms with van der Waals surface area (Å²) in [5.74, 6) is 1.30. The van der Waals surface area contributed by atoms with Crippen LogP contribution in [0.3, 0.4) is 0 Å². The Kier molecular flexibility index (Phi) is 9.24. The summed E-state index contributed by atoms with van der Waals surface area (Å²) in [6.45, 7) is 8.76. The second-order valence-corrected chi connectivity index (χ2v) is 12.3. The molecule has 5 unspecified atom stereocenters. The SMILES string of the molecule is CCCC(c1coc2c(CO)c(OC/C=C/c3ccccc3)c(CC(C)C)cc12)C1CC(O)C2(OC2CC)[C@H](O)C1. The van der Waals surface area contributed by atoms with Crippen molar-refractivity contribution in [1.29, 1.82) is 0 Å². The Hall–Kier alpha value is -2.64. The van der Waals surface area contributed by atoms with Crippen molar-refractivity contribution in [2.24, 2.45) is 11.8 Å². The van der Waals surface area contributed by atoms with Crippen molar-refractivity contribution in [2.75, 3.05) is 6.61 Å². The lowest BCUT2D eigenvalue weighted by molar-refractivity contribution is -0.0689. The first-order chi connectivity index (χ1) is 19.8. The molecule has 0 bridgehead atoms. The van der Waals surface area contributed by atoms with Crippen LogP contribution in [0.2, 0.25) is 0 Å². The van der Waals surface area contributed by atoms with E-state index in [1.165, 1.54) is 0 Å². The maximum Gasteiger partial charge on any atom is 0.146 e. The quantitative estimate of drug-likeness (QED) is 0.211. The van der Waals surface area contributed by atoms with Gasteiger partial charge in [-0.25, -0.2) is 0 Å². The van der Waals surface area contributed by atoms with Gasteiger partial charge < -0.3 is 29.2 Å². The van der Waals surface area contributed by atoms with E-state index in [0.29, 0.717) is 42.3 Å². The Morgan fingerprint density at radius 1 is 1.10 bits per heavy atom. The lowest BCUT2D eigenvalue weighted by Gasteiger charge is -2.39. The zero-order valence-corrected chi connectivity index (χ0v) is 24.9. The zero-order valence-electron chi connectivity index (χ0n) is 24.9. The Bertz CT molecular complexity index is 1310. The summed E-state index contributed by atoms with van der Waals surface area (Å²) < 4.78 is 18.4. The number of ether oxygens (including phenoxy) is 2. The third kappa shape index (κ3) is 5.85. The first kappa shape index (κ1) is 29.8. The number of rotatable bonds is 12. The number of hydrogen-bond acceptors (Lipinski definition) is 6. The summed E-state index contributed by atoms with van der Waals surface area (Å²) in [6.07, 6.45) is 9.07. The van der Waals surface area contributed by atoms with Crippen molar-refractivity contribution in [3.8, 4) is 5.75 Å². The first-order valence-electron chi connectivity index (χ1n) is 15.4. The maximum absolute atomic E-state index is 11.1. The second-order valence-electron chi connectivity index (χ2n) is 12.3. The predicted octanol–water partition coefficient (Wildman–Crippen LogP) is 6.78. The van der Waals surface area contributed by atoms with Gasteiger partial charge in [-0.05, 0) is 73.1 Å². The molecule has 3 aromatic rings. The van der Waals surface area contributed by atoms with Crippen LogP contribution in [0.15, 0.2) is 53.2 Å². The molecule has 1 saturated heterocycles. The molecule has 5 rings (SSSR count). The van der Waals surface area contributed by atoms with Crippen LogP contribution in [0.5, 0.6) is 5.75 Å². The molecule has 1 aliphatic heterocycles. The van der Waals surface area contributed by atoms with Crippen molar-refractivity contribution in [3.63, 3.8) is 0 Å². The summed E-state index contributed by atoms with van der Waals surface area (Å²) in [5, 5.41) is 33.8. The molecule has 2 heterocycles. The van der Waals surface area contributed by atoms with Gasteiger partial charge in [0.2, 0.25) is 0 Å². The average Bonchev–Trinajstić information content (AvgIpc) is 3.57. The molecular weight excluding hydrogens is 516 g/mol. The molecule has 41 heavy (non-hydrogen) atoms. The Morgan fingerprint density at radius 2 is 1.83 bits per heavy atom. The number of aliphatic hydroxyl groups excluding tert-OH is 3. The van der Waals surface area contributed by atoms with Crippen molar-refractivity contribution in [1.82, 2.24) is 0 Å². The van der Waals surface area contributed by atoms with Gasteiger partial charge in [0.05, 0.1) is 36.7 Å². The molecule has 6 heteroatoms. The van der Waals surface area contributed by atoms with Crippen LogP contribution in [0, 0.1) is 11.8 Å². The highest BCUT2D eigenvalue weighted by Crippen LogP contribution is 2.54. The first-order valence-corrected chi connectivity index (χ1v) is 15.4. The van der Waals surface area contributed by atoms with E-state index in [9.17, 15) is 15.3 Å². The number of furan rings is 1. The Labute approximate surface area is 244 Å². The van der Waals surface area contributed by atoms with Crippen LogP contribution in [-0.2, 0) is 17.8 Å². The van der Waals surface area contributed by atoms with Crippen LogP contribution in [0.25, 0.3) is 17.0 Å². The molecule has 3 N–H and O–H groups in total. The molecule has 2 fully saturated rings. The third-order valence-corrected chi connectivity index (χ3v) is 9.06. The summed E-state index contributed by atoms with van der Waals surface area (Å²) in [6, 6.07) is 12.3. The van der Waals surface area contributed by atoms with Gasteiger partial charge >= 0.3 is 0 Å². The highest BCUT2D eigenvalue weighted by molar-refractivity contribution is 5.88. The third-order valence-electron chi connectivity index (χ3n) is 9.06. The average molecular weight is 563 g/mol. The Morgan fingerprint density at radius 3 is 2.44 bits per heavy atom. The highest BCUT2D eigenvalue weighted by Gasteiger charge is 2.67. The summed E-state index contributed by atoms with van der Waals surface area (Å²) in [7, 11) is 0. The fourth-order valence-corrected chi connectivity index (χ4v) is 7.13. The Balaban J connectivity index is 1.47. The zero-order chi connectivity index (χ0) is 29.1. The van der Waals surface area contributed by atoms with Crippen LogP contribution >= 0.6 is 0 Å². The molecule has 1 saturated carbocycles. The van der Waals surface area contributed by atoms with E-state index in [-0.39, 0.29) is 24.5 Å². The molecule has 6 atom stereocenters. The number of epoxide rings is 1. The normalized spacial score (nSPS) is 26.8. The maximum atomic E-state index is 11.1. The van der Waals surface area contributed by atoms with E-state index in [2.05, 4.69) is 26.8 Å². The van der Waals surface area contributed by atoms with E-state index >= 15 is 0 Å². The van der Waals surface area contributed by atoms with Gasteiger partial charge in [0, 0.05) is 10.9 Å². The van der Waals surface area contributed by atoms with E-state index in [0.717, 1.165) is 47.8 Å². The molecule has 0 radical (unpaired) electrons. The van der Waals surface area contributed by atoms with Gasteiger partial charge in [-0.3, -0.25) is 0 Å². The van der Waals surface area contributed by atoms with Crippen LogP contribution in [0.1, 0.15) is 88.0 Å². The van der Waals surface area contributed by atoms with Crippen LogP contribution in [0.4, 0.5) is 0 Å². The van der Waals surface area contributed by atoms with E-state index < -0.39 is 17.8 Å². The molecule has 222 valence electrons. The van der Waals surface area contributed by atoms with Gasteiger partial charge in [-0.2, -0.15) is 0 Å². The largest absolute Gasteiger partial charge is 0.489 e. The molecule has 1 aliphatic carbocycles. The van der Waals surface area contributed by atoms with Gasteiger partial charge in [-0.1, -0.05) is 70.5 Å². The van der Waals surface area contributed by atoms with Gasteiger partial charge in [0.15, 0.2) is 0 Å². The van der Waals surface area contributed by atoms with E-state index in [1.807, 2.05) is 55.7 Å². The monoisotopic (exact) mass is 562 g/mol. The molecule has 1 spiro atoms. The van der Waals surface area contributed by atoms with Crippen LogP contribution in [-0.4, -0.2) is 45.8 Å². The number of aliphatic hydroxyl groups is 3. The topological polar surface area (TPSA) is 95.6 Å². The number of fused-ring (bicyclic) bond motifs is 1. The summed E-state index contributed by atoms with van der Waals surface area (Å²) in [5.41, 5.74) is 3.78. The van der Waals surface area contributed by atoms with Crippen molar-refractivity contribution in [2.45, 2.75) is 103 Å². The van der Waals surface area contributed by atoms with Crippen LogP contribution < -0.4 is 4.74 Å². The van der Waals surface area contributed by atoms with E-state index in [1.54, 1.807) is 0 Å². The fraction of sp³-hybridized carbons (Fsp3) is 0.543. The molecule has 0 amide bonds. The smallest absolute Gasteiger partial charge is 0.146 e. The summed E-state index contributed by atoms with van der Waals surface area (Å²) >= 11 is 0. The standard InChI is InChI=1S/C35H46O6/c1-5-11-26(24-18-30(37)35(31(38)19-24)32(6-2)41-35)29-21-40-34-27(29)17-25(16-22(3)4)33(28(34)20-36)39-15-10-14-23-12-8-7-9-13-23/h7-10,12-14,17,21-22,24,26,30-32,36-38H,5-6,11,15-16,18-20H2,1-4H3/b14-10+/t24?,26?,30-,31?,32?,35?/m1/s1. The number of benzene rings is 2. The minimum atomic E-state index is -0.795. The lowest BCUT2D eigenvalue weighted by atomic mass is 9.68. The molecule has 1 aromatic heterocycles. The molecular formula is C35H46O6. The van der Waals surface area contributed by atoms with Gasteiger partial charge in [0.25, 0.3) is 0 Å². The van der Waals surface area contributed by atoms with Crippen molar-refractivity contribution < 1.29 is 29.2 Å². The molecule has 2 aliphatic rings. The predicted molar refractivity (Wildman–Crippen MR) is 162 cm³/mol. The number of hydrogen-bond donors (Lipinski definition) is 3. The van der Waals surface area contributed by atoms with E-state index in [4.69, 9.17) is 13.9 Å².